The molecule has 1 heterocycles. The van der Waals surface area contributed by atoms with Gasteiger partial charge in [-0.25, -0.2) is 8.60 Å². The summed E-state index contributed by atoms with van der Waals surface area (Å²) >= 11 is 0.314. The third-order valence-electron chi connectivity index (χ3n) is 6.53. The van der Waals surface area contributed by atoms with E-state index in [1.54, 1.807) is 6.07 Å². The number of amides is 1. The third-order valence-corrected chi connectivity index (χ3v) is 7.93. The first-order valence-corrected chi connectivity index (χ1v) is 13.7. The molecule has 5 rings (SSSR count). The largest absolute Gasteiger partial charge is 0.455 e. The number of rotatable bonds is 7. The van der Waals surface area contributed by atoms with Gasteiger partial charge < -0.3 is 9.73 Å². The Bertz CT molecular complexity index is 1600. The maximum atomic E-state index is 13.6. The molecule has 1 aliphatic rings. The van der Waals surface area contributed by atoms with Crippen LogP contribution in [0.15, 0.2) is 63.5 Å². The van der Waals surface area contributed by atoms with Gasteiger partial charge in [-0.1, -0.05) is 22.0 Å². The van der Waals surface area contributed by atoms with Crippen LogP contribution in [-0.2, 0) is 24.0 Å². The van der Waals surface area contributed by atoms with Gasteiger partial charge in [-0.05, 0) is 72.4 Å². The Labute approximate surface area is 231 Å². The lowest BCUT2D eigenvalue weighted by atomic mass is 10.00. The summed E-state index contributed by atoms with van der Waals surface area (Å²) in [6, 6.07) is 12.3. The fourth-order valence-electron chi connectivity index (χ4n) is 4.52. The van der Waals surface area contributed by atoms with Crippen LogP contribution in [0.4, 0.5) is 23.2 Å². The van der Waals surface area contributed by atoms with E-state index in [4.69, 9.17) is 4.42 Å². The van der Waals surface area contributed by atoms with Crippen molar-refractivity contribution in [3.05, 3.63) is 87.1 Å². The zero-order valence-electron chi connectivity index (χ0n) is 20.3. The van der Waals surface area contributed by atoms with Gasteiger partial charge in [0.15, 0.2) is 0 Å². The number of furan rings is 1. The van der Waals surface area contributed by atoms with Crippen LogP contribution in [0.2, 0.25) is 0 Å². The first-order chi connectivity index (χ1) is 18.5. The SMILES string of the molecule is CNC(=O)c1c(-c2ccc(F)cc2)oc2cc(N(Cc3ccc(Br)c(C(F)(F)F)c3)S(=O)O)c(C3CC3)cc12. The zero-order valence-corrected chi connectivity index (χ0v) is 22.7. The monoisotopic (exact) mass is 624 g/mol. The second-order valence-corrected chi connectivity index (χ2v) is 10.9. The number of benzene rings is 3. The average molecular weight is 625 g/mol. The van der Waals surface area contributed by atoms with Gasteiger partial charge in [0, 0.05) is 28.5 Å². The van der Waals surface area contributed by atoms with Crippen molar-refractivity contribution >= 4 is 49.8 Å². The van der Waals surface area contributed by atoms with Crippen LogP contribution in [-0.4, -0.2) is 21.7 Å². The van der Waals surface area contributed by atoms with Gasteiger partial charge in [-0.2, -0.15) is 13.2 Å². The number of halogens is 5. The van der Waals surface area contributed by atoms with E-state index in [0.717, 1.165) is 23.2 Å². The van der Waals surface area contributed by atoms with Gasteiger partial charge in [0.2, 0.25) is 0 Å². The fraction of sp³-hybridized carbons (Fsp3) is 0.222. The summed E-state index contributed by atoms with van der Waals surface area (Å²) in [5, 5.41) is 3.05. The number of alkyl halides is 3. The molecule has 0 bridgehead atoms. The minimum absolute atomic E-state index is 0.0350. The van der Waals surface area contributed by atoms with Crippen molar-refractivity contribution in [2.24, 2.45) is 0 Å². The van der Waals surface area contributed by atoms with Gasteiger partial charge in [0.25, 0.3) is 17.2 Å². The van der Waals surface area contributed by atoms with Gasteiger partial charge in [0.1, 0.15) is 17.2 Å². The molecule has 39 heavy (non-hydrogen) atoms. The molecule has 1 aliphatic carbocycles. The van der Waals surface area contributed by atoms with Gasteiger partial charge >= 0.3 is 6.18 Å². The molecule has 0 radical (unpaired) electrons. The van der Waals surface area contributed by atoms with Crippen molar-refractivity contribution in [3.63, 3.8) is 0 Å². The van der Waals surface area contributed by atoms with Crippen molar-refractivity contribution in [1.82, 2.24) is 5.32 Å². The van der Waals surface area contributed by atoms with Crippen LogP contribution in [0.25, 0.3) is 22.3 Å². The molecule has 1 aromatic heterocycles. The lowest BCUT2D eigenvalue weighted by Gasteiger charge is -2.24. The first-order valence-electron chi connectivity index (χ1n) is 11.8. The number of carbonyl (C=O) groups is 1. The van der Waals surface area contributed by atoms with Crippen LogP contribution in [0.5, 0.6) is 0 Å². The minimum atomic E-state index is -4.61. The molecule has 1 fully saturated rings. The summed E-state index contributed by atoms with van der Waals surface area (Å²) in [6.45, 7) is -0.293. The van der Waals surface area contributed by atoms with Crippen molar-refractivity contribution < 1.29 is 35.5 Å². The third kappa shape index (κ3) is 5.45. The summed E-state index contributed by atoms with van der Waals surface area (Å²) in [5.41, 5.74) is 1.18. The Morgan fingerprint density at radius 3 is 2.44 bits per heavy atom. The molecular formula is C27H21BrF4N2O4S. The Morgan fingerprint density at radius 1 is 1.15 bits per heavy atom. The molecule has 204 valence electrons. The van der Waals surface area contributed by atoms with Crippen molar-refractivity contribution in [3.8, 4) is 11.3 Å². The number of hydrogen-bond acceptors (Lipinski definition) is 3. The van der Waals surface area contributed by atoms with Crippen LogP contribution in [0, 0.1) is 5.82 Å². The average Bonchev–Trinajstić information content (AvgIpc) is 3.67. The molecule has 2 N–H and O–H groups in total. The molecule has 1 amide bonds. The fourth-order valence-corrected chi connectivity index (χ4v) is 5.58. The van der Waals surface area contributed by atoms with E-state index in [1.807, 2.05) is 0 Å². The number of fused-ring (bicyclic) bond motifs is 1. The Hall–Kier alpha value is -3.22. The van der Waals surface area contributed by atoms with Crippen molar-refractivity contribution in [2.75, 3.05) is 11.4 Å². The topological polar surface area (TPSA) is 82.8 Å². The number of nitrogens with zero attached hydrogens (tertiary/aromatic N) is 1. The van der Waals surface area contributed by atoms with Gasteiger partial charge in [-0.15, -0.1) is 0 Å². The van der Waals surface area contributed by atoms with E-state index >= 15 is 0 Å². The van der Waals surface area contributed by atoms with Crippen LogP contribution >= 0.6 is 15.9 Å². The molecule has 0 aliphatic heterocycles. The quantitative estimate of drug-likeness (QED) is 0.166. The predicted octanol–water partition coefficient (Wildman–Crippen LogP) is 7.40. The summed E-state index contributed by atoms with van der Waals surface area (Å²) in [7, 11) is 1.47. The second kappa shape index (κ2) is 10.4. The summed E-state index contributed by atoms with van der Waals surface area (Å²) < 4.78 is 83.8. The smallest absolute Gasteiger partial charge is 0.417 e. The molecule has 4 aromatic rings. The molecular weight excluding hydrogens is 604 g/mol. The number of carbonyl (C=O) groups excluding carboxylic acids is 1. The van der Waals surface area contributed by atoms with Crippen molar-refractivity contribution in [2.45, 2.75) is 31.5 Å². The van der Waals surface area contributed by atoms with Crippen LogP contribution < -0.4 is 9.62 Å². The summed E-state index contributed by atoms with van der Waals surface area (Å²) in [5.74, 6) is -0.660. The standard InChI is InChI=1S/C27H21BrF4N2O4S/c1-33-26(35)24-19-11-18(15-3-4-15)22(12-23(19)38-25(24)16-5-7-17(29)8-6-16)34(39(36)37)13-14-2-9-21(28)20(10-14)27(30,31)32/h2,5-12,15H,3-4,13H2,1H3,(H,33,35)(H,36,37). The summed E-state index contributed by atoms with van der Waals surface area (Å²) in [6.07, 6.45) is -3.00. The lowest BCUT2D eigenvalue weighted by Crippen LogP contribution is -2.26. The van der Waals surface area contributed by atoms with E-state index < -0.39 is 34.7 Å². The molecule has 3 aromatic carbocycles. The summed E-state index contributed by atoms with van der Waals surface area (Å²) in [4.78, 5) is 12.9. The maximum absolute atomic E-state index is 13.6. The molecule has 0 saturated heterocycles. The molecule has 12 heteroatoms. The highest BCUT2D eigenvalue weighted by Crippen LogP contribution is 2.48. The van der Waals surface area contributed by atoms with E-state index in [9.17, 15) is 31.1 Å². The highest BCUT2D eigenvalue weighted by Gasteiger charge is 2.35. The van der Waals surface area contributed by atoms with E-state index in [2.05, 4.69) is 21.2 Å². The maximum Gasteiger partial charge on any atom is 0.417 e. The highest BCUT2D eigenvalue weighted by molar-refractivity contribution is 9.10. The Morgan fingerprint density at radius 2 is 1.85 bits per heavy atom. The van der Waals surface area contributed by atoms with E-state index in [-0.39, 0.29) is 39.4 Å². The number of hydrogen-bond donors (Lipinski definition) is 2. The molecule has 0 spiro atoms. The van der Waals surface area contributed by atoms with Crippen LogP contribution in [0.1, 0.15) is 45.8 Å². The van der Waals surface area contributed by atoms with E-state index in [1.165, 1.54) is 49.5 Å². The number of anilines is 1. The van der Waals surface area contributed by atoms with Gasteiger partial charge in [0.05, 0.1) is 23.4 Å². The zero-order chi connectivity index (χ0) is 28.1. The first kappa shape index (κ1) is 27.4. The van der Waals surface area contributed by atoms with Crippen LogP contribution in [0.3, 0.4) is 0 Å². The normalized spacial score (nSPS) is 14.4. The molecule has 1 saturated carbocycles. The predicted molar refractivity (Wildman–Crippen MR) is 143 cm³/mol. The van der Waals surface area contributed by atoms with Gasteiger partial charge in [-0.3, -0.25) is 13.7 Å². The molecule has 6 nitrogen and oxygen atoms in total. The second-order valence-electron chi connectivity index (χ2n) is 9.15. The molecule has 1 unspecified atom stereocenters. The molecule has 1 atom stereocenters. The minimum Gasteiger partial charge on any atom is -0.455 e. The highest BCUT2D eigenvalue weighted by atomic mass is 79.9. The van der Waals surface area contributed by atoms with Crippen molar-refractivity contribution in [1.29, 1.82) is 0 Å². The Balaban J connectivity index is 1.66. The Kier molecular flexibility index (Phi) is 7.29. The number of nitrogens with one attached hydrogen (secondary N) is 1. The van der Waals surface area contributed by atoms with E-state index in [0.29, 0.717) is 22.2 Å². The lowest BCUT2D eigenvalue weighted by molar-refractivity contribution is -0.138.